The van der Waals surface area contributed by atoms with Crippen LogP contribution in [-0.4, -0.2) is 63.4 Å². The van der Waals surface area contributed by atoms with Gasteiger partial charge in [-0.2, -0.15) is 0 Å². The summed E-state index contributed by atoms with van der Waals surface area (Å²) < 4.78 is 2.22. The lowest BCUT2D eigenvalue weighted by Crippen LogP contribution is -2.41. The van der Waals surface area contributed by atoms with E-state index in [4.69, 9.17) is 0 Å². The first kappa shape index (κ1) is 29.3. The standard InChI is InChI=1S/C26H31N7O4.C2H6/c1-15-21(29-16(2)23(15)26(35)27-3)12-19-18-11-17(7-8-20(18)30-25(19)34)9-10-33(5,6)13-22-24(32(36)37)28-14-31(22)4;1-2/h7-8,11-12,14H,9-10,13H2,1-6H3,(H2-,27,29,30,34,35);1-2H3/p+1. The monoisotopic (exact) mass is 536 g/mol. The topological polar surface area (TPSA) is 135 Å². The number of hydrogen-bond acceptors (Lipinski definition) is 5. The maximum Gasteiger partial charge on any atom is 0.390 e. The van der Waals surface area contributed by atoms with Crippen molar-refractivity contribution in [3.63, 3.8) is 0 Å². The van der Waals surface area contributed by atoms with E-state index in [0.717, 1.165) is 46.7 Å². The van der Waals surface area contributed by atoms with Crippen LogP contribution in [-0.2, 0) is 24.8 Å². The molecule has 0 saturated heterocycles. The van der Waals surface area contributed by atoms with Crippen molar-refractivity contribution >= 4 is 35.0 Å². The van der Waals surface area contributed by atoms with Crippen LogP contribution < -0.4 is 10.6 Å². The Morgan fingerprint density at radius 1 is 1.26 bits per heavy atom. The van der Waals surface area contributed by atoms with Gasteiger partial charge in [0.15, 0.2) is 5.69 Å². The van der Waals surface area contributed by atoms with Gasteiger partial charge in [0.2, 0.25) is 6.33 Å². The molecule has 11 nitrogen and oxygen atoms in total. The molecule has 208 valence electrons. The van der Waals surface area contributed by atoms with Crippen LogP contribution in [0.25, 0.3) is 11.6 Å². The van der Waals surface area contributed by atoms with Crippen molar-refractivity contribution in [1.82, 2.24) is 19.9 Å². The summed E-state index contributed by atoms with van der Waals surface area (Å²) >= 11 is 0. The zero-order chi connectivity index (χ0) is 29.1. The zero-order valence-corrected chi connectivity index (χ0v) is 23.9. The summed E-state index contributed by atoms with van der Waals surface area (Å²) in [4.78, 5) is 43.1. The van der Waals surface area contributed by atoms with E-state index in [-0.39, 0.29) is 17.6 Å². The third kappa shape index (κ3) is 6.09. The molecule has 3 N–H and O–H groups in total. The Balaban J connectivity index is 0.00000205. The highest BCUT2D eigenvalue weighted by atomic mass is 16.6. The van der Waals surface area contributed by atoms with Crippen molar-refractivity contribution in [1.29, 1.82) is 0 Å². The molecule has 1 aliphatic rings. The first-order valence-electron chi connectivity index (χ1n) is 13.0. The van der Waals surface area contributed by atoms with Gasteiger partial charge in [-0.05, 0) is 53.1 Å². The number of carbonyl (C=O) groups excluding carboxylic acids is 2. The molecule has 3 heterocycles. The van der Waals surface area contributed by atoms with Gasteiger partial charge >= 0.3 is 5.82 Å². The molecule has 0 unspecified atom stereocenters. The number of nitro groups is 1. The third-order valence-electron chi connectivity index (χ3n) is 6.88. The number of aryl methyl sites for hydroxylation is 2. The van der Waals surface area contributed by atoms with Gasteiger partial charge in [-0.15, -0.1) is 0 Å². The molecule has 11 heteroatoms. The number of carbonyl (C=O) groups is 2. The maximum absolute atomic E-state index is 12.8. The van der Waals surface area contributed by atoms with E-state index in [9.17, 15) is 19.7 Å². The molecule has 1 aromatic carbocycles. The SMILES string of the molecule is CC.CNC(=O)c1c(C)[nH]c(/C=C2\C(=O)Nc3ccc(CC[N+](C)(C)Cc4c([N+](=O)[O-])ncn4C)cc32)c1C. The predicted octanol–water partition coefficient (Wildman–Crippen LogP) is 3.97. The minimum Gasteiger partial charge on any atom is -0.358 e. The molecule has 39 heavy (non-hydrogen) atoms. The Kier molecular flexibility index (Phi) is 8.75. The number of aromatic nitrogens is 3. The number of H-pyrrole nitrogens is 1. The molecule has 0 fully saturated rings. The summed E-state index contributed by atoms with van der Waals surface area (Å²) in [6.45, 7) is 8.88. The number of nitrogens with zero attached hydrogens (tertiary/aromatic N) is 4. The van der Waals surface area contributed by atoms with E-state index in [2.05, 4.69) is 20.6 Å². The smallest absolute Gasteiger partial charge is 0.358 e. The van der Waals surface area contributed by atoms with E-state index in [0.29, 0.717) is 27.9 Å². The summed E-state index contributed by atoms with van der Waals surface area (Å²) in [5, 5.41) is 16.9. The lowest BCUT2D eigenvalue weighted by Gasteiger charge is -2.29. The number of anilines is 1. The highest BCUT2D eigenvalue weighted by molar-refractivity contribution is 6.35. The number of benzene rings is 1. The molecule has 2 amide bonds. The first-order chi connectivity index (χ1) is 18.4. The van der Waals surface area contributed by atoms with Gasteiger partial charge in [-0.25, -0.2) is 0 Å². The molecule has 0 atom stereocenters. The number of likely N-dealkylation sites (N-methyl/N-ethyl adjacent to an activating group) is 1. The number of fused-ring (bicyclic) bond motifs is 1. The normalized spacial score (nSPS) is 13.5. The molecule has 1 aliphatic heterocycles. The van der Waals surface area contributed by atoms with Gasteiger partial charge in [0.05, 0.1) is 31.8 Å². The third-order valence-corrected chi connectivity index (χ3v) is 6.88. The summed E-state index contributed by atoms with van der Waals surface area (Å²) in [5.41, 5.74) is 6.54. The molecule has 0 radical (unpaired) electrons. The molecule has 4 rings (SSSR count). The van der Waals surface area contributed by atoms with Crippen molar-refractivity contribution in [2.75, 3.05) is 33.0 Å². The van der Waals surface area contributed by atoms with E-state index >= 15 is 0 Å². The average Bonchev–Trinajstić information content (AvgIpc) is 3.51. The molecule has 0 saturated carbocycles. The Labute approximate surface area is 228 Å². The molecule has 2 aromatic heterocycles. The number of nitrogens with one attached hydrogen (secondary N) is 3. The Morgan fingerprint density at radius 3 is 2.59 bits per heavy atom. The molecular weight excluding hydrogens is 498 g/mol. The first-order valence-corrected chi connectivity index (χ1v) is 13.0. The zero-order valence-electron chi connectivity index (χ0n) is 23.9. The molecule has 0 bridgehead atoms. The number of imidazole rings is 1. The van der Waals surface area contributed by atoms with Crippen LogP contribution >= 0.6 is 0 Å². The van der Waals surface area contributed by atoms with Gasteiger partial charge in [0.1, 0.15) is 6.54 Å². The van der Waals surface area contributed by atoms with Crippen molar-refractivity contribution in [2.45, 2.75) is 40.7 Å². The fourth-order valence-corrected chi connectivity index (χ4v) is 4.76. The van der Waals surface area contributed by atoms with Crippen LogP contribution in [0.1, 0.15) is 58.0 Å². The van der Waals surface area contributed by atoms with Crippen LogP contribution in [0.15, 0.2) is 24.5 Å². The van der Waals surface area contributed by atoms with E-state index < -0.39 is 4.92 Å². The Bertz CT molecular complexity index is 1450. The Morgan fingerprint density at radius 2 is 1.95 bits per heavy atom. The molecular formula is C28H38N7O4+. The number of rotatable bonds is 8. The van der Waals surface area contributed by atoms with Gasteiger partial charge in [-0.3, -0.25) is 9.59 Å². The van der Waals surface area contributed by atoms with E-state index in [1.54, 1.807) is 24.7 Å². The summed E-state index contributed by atoms with van der Waals surface area (Å²) in [6, 6.07) is 5.90. The number of hydrogen-bond donors (Lipinski definition) is 3. The minimum absolute atomic E-state index is 0.111. The number of amides is 2. The van der Waals surface area contributed by atoms with Crippen molar-refractivity contribution in [3.8, 4) is 0 Å². The van der Waals surface area contributed by atoms with E-state index in [1.165, 1.54) is 6.33 Å². The highest BCUT2D eigenvalue weighted by Gasteiger charge is 2.29. The van der Waals surface area contributed by atoms with Gasteiger partial charge in [0.25, 0.3) is 11.8 Å². The highest BCUT2D eigenvalue weighted by Crippen LogP contribution is 2.35. The lowest BCUT2D eigenvalue weighted by atomic mass is 10.0. The van der Waals surface area contributed by atoms with Crippen molar-refractivity contribution in [3.05, 3.63) is 74.0 Å². The summed E-state index contributed by atoms with van der Waals surface area (Å²) in [6.07, 6.45) is 3.98. The average molecular weight is 537 g/mol. The van der Waals surface area contributed by atoms with Crippen LogP contribution in [0.3, 0.4) is 0 Å². The van der Waals surface area contributed by atoms with Gasteiger partial charge in [0, 0.05) is 43.2 Å². The van der Waals surface area contributed by atoms with Crippen LogP contribution in [0.5, 0.6) is 0 Å². The van der Waals surface area contributed by atoms with Crippen molar-refractivity contribution in [2.24, 2.45) is 7.05 Å². The maximum atomic E-state index is 12.8. The van der Waals surface area contributed by atoms with Gasteiger partial charge in [-0.1, -0.05) is 19.9 Å². The number of quaternary nitrogens is 1. The predicted molar refractivity (Wildman–Crippen MR) is 152 cm³/mol. The summed E-state index contributed by atoms with van der Waals surface area (Å²) in [7, 11) is 7.41. The fraction of sp³-hybridized carbons (Fsp3) is 0.393. The minimum atomic E-state index is -0.446. The van der Waals surface area contributed by atoms with Gasteiger partial charge < -0.3 is 34.8 Å². The second-order valence-electron chi connectivity index (χ2n) is 10.1. The molecule has 0 spiro atoms. The second kappa shape index (κ2) is 11.6. The van der Waals surface area contributed by atoms with Crippen LogP contribution in [0.2, 0.25) is 0 Å². The largest absolute Gasteiger partial charge is 0.390 e. The summed E-state index contributed by atoms with van der Waals surface area (Å²) in [5.74, 6) is -0.480. The van der Waals surface area contributed by atoms with Crippen LogP contribution in [0, 0.1) is 24.0 Å². The number of aromatic amines is 1. The van der Waals surface area contributed by atoms with E-state index in [1.807, 2.05) is 60.0 Å². The Hall–Kier alpha value is -4.25. The lowest BCUT2D eigenvalue weighted by molar-refractivity contribution is -0.903. The van der Waals surface area contributed by atoms with Crippen molar-refractivity contribution < 1.29 is 19.0 Å². The quantitative estimate of drug-likeness (QED) is 0.173. The molecule has 3 aromatic rings. The molecule has 0 aliphatic carbocycles. The van der Waals surface area contributed by atoms with Crippen LogP contribution in [0.4, 0.5) is 11.5 Å². The second-order valence-corrected chi connectivity index (χ2v) is 10.1. The fourth-order valence-electron chi connectivity index (χ4n) is 4.76.